The average Bonchev–Trinajstić information content (AvgIpc) is 2.74. The predicted octanol–water partition coefficient (Wildman–Crippen LogP) is 5.81. The molecular weight excluding hydrogens is 405 g/mol. The van der Waals surface area contributed by atoms with E-state index in [1.54, 1.807) is 23.5 Å². The van der Waals surface area contributed by atoms with Crippen LogP contribution in [0.1, 0.15) is 34.7 Å². The highest BCUT2D eigenvalue weighted by Crippen LogP contribution is 2.36. The van der Waals surface area contributed by atoms with E-state index in [4.69, 9.17) is 0 Å². The van der Waals surface area contributed by atoms with E-state index in [0.717, 1.165) is 27.5 Å². The molecule has 0 aliphatic rings. The maximum absolute atomic E-state index is 13.6. The first-order chi connectivity index (χ1) is 9.52. The molecule has 0 saturated heterocycles. The lowest BCUT2D eigenvalue weighted by Gasteiger charge is -2.19. The van der Waals surface area contributed by atoms with E-state index < -0.39 is 0 Å². The van der Waals surface area contributed by atoms with E-state index in [2.05, 4.69) is 57.1 Å². The number of halogens is 3. The maximum atomic E-state index is 13.6. The summed E-state index contributed by atoms with van der Waals surface area (Å²) in [5.74, 6) is -0.209. The third kappa shape index (κ3) is 3.70. The molecule has 0 fully saturated rings. The van der Waals surface area contributed by atoms with Crippen LogP contribution in [0.15, 0.2) is 33.2 Å². The molecule has 20 heavy (non-hydrogen) atoms. The third-order valence-corrected chi connectivity index (χ3v) is 5.95. The Morgan fingerprint density at radius 3 is 2.60 bits per heavy atom. The molecule has 1 N–H and O–H groups in total. The van der Waals surface area contributed by atoms with Crippen molar-refractivity contribution in [2.45, 2.75) is 26.3 Å². The Balaban J connectivity index is 2.43. The molecule has 1 heterocycles. The molecule has 1 aromatic carbocycles. The predicted molar refractivity (Wildman–Crippen MR) is 91.0 cm³/mol. The van der Waals surface area contributed by atoms with Crippen molar-refractivity contribution in [2.24, 2.45) is 0 Å². The minimum absolute atomic E-state index is 0.00928. The normalized spacial score (nSPS) is 12.7. The zero-order valence-corrected chi connectivity index (χ0v) is 15.3. The van der Waals surface area contributed by atoms with E-state index in [-0.39, 0.29) is 11.9 Å². The van der Waals surface area contributed by atoms with Gasteiger partial charge in [-0.15, -0.1) is 11.3 Å². The van der Waals surface area contributed by atoms with Crippen molar-refractivity contribution in [1.29, 1.82) is 0 Å². The van der Waals surface area contributed by atoms with Gasteiger partial charge in [0.05, 0.1) is 6.04 Å². The topological polar surface area (TPSA) is 12.0 Å². The van der Waals surface area contributed by atoms with Crippen molar-refractivity contribution >= 4 is 43.2 Å². The first-order valence-corrected chi connectivity index (χ1v) is 8.87. The van der Waals surface area contributed by atoms with Gasteiger partial charge in [-0.2, -0.15) is 0 Å². The number of nitrogens with one attached hydrogen (secondary N) is 1. The Bertz CT molecular complexity index is 578. The molecule has 1 nitrogen and oxygen atoms in total. The van der Waals surface area contributed by atoms with Crippen molar-refractivity contribution in [3.8, 4) is 0 Å². The Morgan fingerprint density at radius 2 is 2.00 bits per heavy atom. The molecule has 2 aromatic rings. The van der Waals surface area contributed by atoms with Gasteiger partial charge in [-0.25, -0.2) is 4.39 Å². The number of benzene rings is 1. The van der Waals surface area contributed by atoms with E-state index in [1.165, 1.54) is 15.8 Å². The van der Waals surface area contributed by atoms with Gasteiger partial charge in [-0.1, -0.05) is 22.9 Å². The molecule has 0 spiro atoms. The van der Waals surface area contributed by atoms with Crippen LogP contribution in [0.5, 0.6) is 0 Å². The zero-order chi connectivity index (χ0) is 14.7. The van der Waals surface area contributed by atoms with Crippen molar-refractivity contribution in [1.82, 2.24) is 5.32 Å². The second kappa shape index (κ2) is 7.16. The van der Waals surface area contributed by atoms with E-state index >= 15 is 0 Å². The minimum Gasteiger partial charge on any atom is -0.306 e. The first-order valence-electron chi connectivity index (χ1n) is 6.47. The van der Waals surface area contributed by atoms with Crippen LogP contribution in [0.25, 0.3) is 0 Å². The van der Waals surface area contributed by atoms with Crippen molar-refractivity contribution in [3.63, 3.8) is 0 Å². The van der Waals surface area contributed by atoms with Crippen LogP contribution in [-0.2, 0) is 0 Å². The number of thiophene rings is 1. The lowest BCUT2D eigenvalue weighted by molar-refractivity contribution is 0.589. The van der Waals surface area contributed by atoms with E-state index in [9.17, 15) is 4.39 Å². The summed E-state index contributed by atoms with van der Waals surface area (Å²) in [5, 5.41) is 3.50. The molecule has 0 saturated carbocycles. The fourth-order valence-corrected chi connectivity index (χ4v) is 4.14. The van der Waals surface area contributed by atoms with Gasteiger partial charge in [0.15, 0.2) is 0 Å². The largest absolute Gasteiger partial charge is 0.306 e. The molecule has 0 aliphatic heterocycles. The zero-order valence-electron chi connectivity index (χ0n) is 11.3. The fraction of sp³-hybridized carbons (Fsp3) is 0.333. The van der Waals surface area contributed by atoms with Crippen LogP contribution in [0.2, 0.25) is 0 Å². The summed E-state index contributed by atoms with van der Waals surface area (Å²) in [6.45, 7) is 5.10. The van der Waals surface area contributed by atoms with Crippen molar-refractivity contribution < 1.29 is 4.39 Å². The summed E-state index contributed by atoms with van der Waals surface area (Å²) in [5.41, 5.74) is 0.937. The highest BCUT2D eigenvalue weighted by atomic mass is 79.9. The first kappa shape index (κ1) is 16.1. The standard InChI is InChI=1S/C15H16Br2FNS/c1-3-6-19-15(14-8-13(17)9(2)20-14)11-7-10(18)4-5-12(11)16/h4-5,7-8,15,19H,3,6H2,1-2H3. The van der Waals surface area contributed by atoms with Crippen LogP contribution in [0.3, 0.4) is 0 Å². The van der Waals surface area contributed by atoms with Gasteiger partial charge in [0.25, 0.3) is 0 Å². The minimum atomic E-state index is -0.209. The molecule has 108 valence electrons. The van der Waals surface area contributed by atoms with Crippen LogP contribution in [0, 0.1) is 12.7 Å². The molecule has 2 rings (SSSR count). The van der Waals surface area contributed by atoms with Crippen LogP contribution in [0.4, 0.5) is 4.39 Å². The molecular formula is C15H16Br2FNS. The van der Waals surface area contributed by atoms with Gasteiger partial charge in [0.1, 0.15) is 5.82 Å². The SMILES string of the molecule is CCCNC(c1cc(Br)c(C)s1)c1cc(F)ccc1Br. The molecule has 1 aromatic heterocycles. The quantitative estimate of drug-likeness (QED) is 0.643. The fourth-order valence-electron chi connectivity index (χ4n) is 2.01. The molecule has 1 unspecified atom stereocenters. The lowest BCUT2D eigenvalue weighted by atomic mass is 10.0. The summed E-state index contributed by atoms with van der Waals surface area (Å²) in [7, 11) is 0. The van der Waals surface area contributed by atoms with Gasteiger partial charge in [0.2, 0.25) is 0 Å². The Hall–Kier alpha value is -0.230. The highest BCUT2D eigenvalue weighted by Gasteiger charge is 2.19. The van der Waals surface area contributed by atoms with Crippen molar-refractivity contribution in [3.05, 3.63) is 54.3 Å². The average molecular weight is 421 g/mol. The summed E-state index contributed by atoms with van der Waals surface area (Å²) in [6, 6.07) is 6.96. The lowest BCUT2D eigenvalue weighted by Crippen LogP contribution is -2.22. The van der Waals surface area contributed by atoms with Gasteiger partial charge < -0.3 is 5.32 Å². The number of aryl methyl sites for hydroxylation is 1. The smallest absolute Gasteiger partial charge is 0.123 e. The van der Waals surface area contributed by atoms with Crippen molar-refractivity contribution in [2.75, 3.05) is 6.54 Å². The monoisotopic (exact) mass is 419 g/mol. The van der Waals surface area contributed by atoms with Gasteiger partial charge in [-0.3, -0.25) is 0 Å². The number of hydrogen-bond acceptors (Lipinski definition) is 2. The van der Waals surface area contributed by atoms with E-state index in [0.29, 0.717) is 0 Å². The molecule has 5 heteroatoms. The number of hydrogen-bond donors (Lipinski definition) is 1. The highest BCUT2D eigenvalue weighted by molar-refractivity contribution is 9.10. The summed E-state index contributed by atoms with van der Waals surface area (Å²) < 4.78 is 15.6. The summed E-state index contributed by atoms with van der Waals surface area (Å²) >= 11 is 8.82. The Morgan fingerprint density at radius 1 is 1.25 bits per heavy atom. The molecule has 1 atom stereocenters. The second-order valence-corrected chi connectivity index (χ2v) is 7.60. The van der Waals surface area contributed by atoms with Gasteiger partial charge >= 0.3 is 0 Å². The molecule has 0 amide bonds. The summed E-state index contributed by atoms with van der Waals surface area (Å²) in [6.07, 6.45) is 1.04. The maximum Gasteiger partial charge on any atom is 0.123 e. The third-order valence-electron chi connectivity index (χ3n) is 3.03. The Labute approximate surface area is 139 Å². The summed E-state index contributed by atoms with van der Waals surface area (Å²) in [4.78, 5) is 2.42. The number of rotatable bonds is 5. The van der Waals surface area contributed by atoms with Crippen LogP contribution < -0.4 is 5.32 Å². The molecule has 0 aliphatic carbocycles. The van der Waals surface area contributed by atoms with E-state index in [1.807, 2.05) is 0 Å². The van der Waals surface area contributed by atoms with Gasteiger partial charge in [-0.05, 0) is 65.6 Å². The Kier molecular flexibility index (Phi) is 5.78. The molecule has 0 radical (unpaired) electrons. The van der Waals surface area contributed by atoms with Crippen LogP contribution >= 0.6 is 43.2 Å². The van der Waals surface area contributed by atoms with Crippen LogP contribution in [-0.4, -0.2) is 6.54 Å². The second-order valence-electron chi connectivity index (χ2n) is 4.61. The molecule has 0 bridgehead atoms. The van der Waals surface area contributed by atoms with Gasteiger partial charge in [0, 0.05) is 18.7 Å².